The Labute approximate surface area is 210 Å². The number of rotatable bonds is 4. The minimum absolute atomic E-state index is 0.0458. The fraction of sp³-hybridized carbons (Fsp3) is 0.429. The van der Waals surface area contributed by atoms with E-state index in [1.807, 2.05) is 6.92 Å². The van der Waals surface area contributed by atoms with Crippen LogP contribution in [0.5, 0.6) is 0 Å². The zero-order valence-electron chi connectivity index (χ0n) is 21.0. The fourth-order valence-corrected chi connectivity index (χ4v) is 5.26. The van der Waals surface area contributed by atoms with Crippen LogP contribution in [0.15, 0.2) is 42.5 Å². The molecule has 2 fully saturated rings. The third-order valence-electron chi connectivity index (χ3n) is 7.35. The zero-order chi connectivity index (χ0) is 25.4. The van der Waals surface area contributed by atoms with Gasteiger partial charge in [0.25, 0.3) is 0 Å². The van der Waals surface area contributed by atoms with Gasteiger partial charge in [-0.2, -0.15) is 0 Å². The number of benzene rings is 2. The van der Waals surface area contributed by atoms with Gasteiger partial charge in [-0.25, -0.2) is 14.4 Å². The molecule has 2 aromatic carbocycles. The standard InChI is InChI=1S/C28H32FN5O2/c1-17(2)20-7-8-24-23(16-20)18(3)31-28(32-24)33-12-9-19(10-13-33)27(36)34-14-11-30-26(35)25(34)21-5-4-6-22(29)15-21/h4-8,15-17,19,25H,9-14H2,1-3H3,(H,30,35)/t25-/m0/s1. The number of amides is 2. The SMILES string of the molecule is Cc1nc(N2CCC(C(=O)N3CCNC(=O)[C@@H]3c3cccc(F)c3)CC2)nc2ccc(C(C)C)cc12. The average Bonchev–Trinajstić information content (AvgIpc) is 2.88. The van der Waals surface area contributed by atoms with Crippen molar-refractivity contribution in [3.05, 3.63) is 65.1 Å². The number of carbonyl (C=O) groups is 2. The van der Waals surface area contributed by atoms with Crippen molar-refractivity contribution in [3.8, 4) is 0 Å². The molecule has 1 N–H and O–H groups in total. The summed E-state index contributed by atoms with van der Waals surface area (Å²) in [6, 6.07) is 11.5. The fourth-order valence-electron chi connectivity index (χ4n) is 5.26. The number of piperazine rings is 1. The van der Waals surface area contributed by atoms with E-state index in [0.717, 1.165) is 16.6 Å². The lowest BCUT2D eigenvalue weighted by atomic mass is 9.93. The molecule has 3 aromatic rings. The second-order valence-electron chi connectivity index (χ2n) is 10.1. The van der Waals surface area contributed by atoms with E-state index in [1.165, 1.54) is 17.7 Å². The molecular formula is C28H32FN5O2. The molecule has 0 bridgehead atoms. The summed E-state index contributed by atoms with van der Waals surface area (Å²) in [6.07, 6.45) is 1.30. The van der Waals surface area contributed by atoms with Gasteiger partial charge in [0, 0.05) is 37.5 Å². The molecule has 0 radical (unpaired) electrons. The summed E-state index contributed by atoms with van der Waals surface area (Å²) in [4.78, 5) is 39.6. The van der Waals surface area contributed by atoms with Crippen LogP contribution in [0.1, 0.15) is 55.5 Å². The van der Waals surface area contributed by atoms with E-state index in [9.17, 15) is 14.0 Å². The number of nitrogens with one attached hydrogen (secondary N) is 1. The Kier molecular flexibility index (Phi) is 6.60. The maximum Gasteiger partial charge on any atom is 0.247 e. The Bertz CT molecular complexity index is 1300. The number of nitrogens with zero attached hydrogens (tertiary/aromatic N) is 4. The van der Waals surface area contributed by atoms with Crippen LogP contribution in [-0.4, -0.2) is 52.9 Å². The molecule has 1 aromatic heterocycles. The second kappa shape index (κ2) is 9.84. The molecule has 8 heteroatoms. The number of aromatic nitrogens is 2. The molecule has 0 aliphatic carbocycles. The maximum absolute atomic E-state index is 13.9. The van der Waals surface area contributed by atoms with Gasteiger partial charge in [-0.15, -0.1) is 0 Å². The number of carbonyl (C=O) groups excluding carboxylic acids is 2. The summed E-state index contributed by atoms with van der Waals surface area (Å²) in [6.45, 7) is 8.50. The monoisotopic (exact) mass is 489 g/mol. The molecule has 188 valence electrons. The van der Waals surface area contributed by atoms with Crippen molar-refractivity contribution in [1.29, 1.82) is 0 Å². The molecule has 0 spiro atoms. The van der Waals surface area contributed by atoms with E-state index in [-0.39, 0.29) is 17.7 Å². The predicted molar refractivity (Wildman–Crippen MR) is 137 cm³/mol. The van der Waals surface area contributed by atoms with Crippen molar-refractivity contribution in [2.24, 2.45) is 5.92 Å². The molecule has 2 aliphatic rings. The summed E-state index contributed by atoms with van der Waals surface area (Å²) in [5.74, 6) is 0.208. The Hall–Kier alpha value is -3.55. The van der Waals surface area contributed by atoms with Gasteiger partial charge in [0.15, 0.2) is 0 Å². The quantitative estimate of drug-likeness (QED) is 0.597. The van der Waals surface area contributed by atoms with Crippen LogP contribution in [0.25, 0.3) is 10.9 Å². The normalized spacial score (nSPS) is 19.1. The summed E-state index contributed by atoms with van der Waals surface area (Å²) in [5.41, 5.74) is 3.65. The van der Waals surface area contributed by atoms with Crippen LogP contribution in [-0.2, 0) is 9.59 Å². The van der Waals surface area contributed by atoms with Crippen molar-refractivity contribution in [1.82, 2.24) is 20.2 Å². The van der Waals surface area contributed by atoms with E-state index < -0.39 is 11.9 Å². The van der Waals surface area contributed by atoms with Crippen LogP contribution in [0.3, 0.4) is 0 Å². The average molecular weight is 490 g/mol. The van der Waals surface area contributed by atoms with Gasteiger partial charge < -0.3 is 15.1 Å². The number of aryl methyl sites for hydroxylation is 1. The molecule has 2 amide bonds. The summed E-state index contributed by atoms with van der Waals surface area (Å²) in [5, 5.41) is 3.89. The van der Waals surface area contributed by atoms with Gasteiger partial charge in [0.05, 0.1) is 11.2 Å². The van der Waals surface area contributed by atoms with Crippen LogP contribution in [0.2, 0.25) is 0 Å². The number of piperidine rings is 1. The van der Waals surface area contributed by atoms with E-state index in [4.69, 9.17) is 9.97 Å². The number of fused-ring (bicyclic) bond motifs is 1. The molecule has 0 unspecified atom stereocenters. The summed E-state index contributed by atoms with van der Waals surface area (Å²) >= 11 is 0. The first-order valence-corrected chi connectivity index (χ1v) is 12.7. The smallest absolute Gasteiger partial charge is 0.247 e. The molecule has 3 heterocycles. The van der Waals surface area contributed by atoms with Crippen molar-refractivity contribution in [2.45, 2.75) is 45.6 Å². The molecule has 2 aliphatic heterocycles. The van der Waals surface area contributed by atoms with Crippen molar-refractivity contribution >= 4 is 28.7 Å². The molecule has 7 nitrogen and oxygen atoms in total. The summed E-state index contributed by atoms with van der Waals surface area (Å²) in [7, 11) is 0. The topological polar surface area (TPSA) is 78.4 Å². The van der Waals surface area contributed by atoms with Crippen LogP contribution in [0, 0.1) is 18.7 Å². The third-order valence-corrected chi connectivity index (χ3v) is 7.35. The third kappa shape index (κ3) is 4.64. The van der Waals surface area contributed by atoms with Crippen LogP contribution < -0.4 is 10.2 Å². The molecule has 5 rings (SSSR count). The number of anilines is 1. The van der Waals surface area contributed by atoms with Gasteiger partial charge in [0.1, 0.15) is 11.9 Å². The van der Waals surface area contributed by atoms with Gasteiger partial charge in [-0.05, 0) is 61.1 Å². The highest BCUT2D eigenvalue weighted by Crippen LogP contribution is 2.30. The van der Waals surface area contributed by atoms with E-state index in [2.05, 4.69) is 42.3 Å². The van der Waals surface area contributed by atoms with Crippen molar-refractivity contribution < 1.29 is 14.0 Å². The molecular weight excluding hydrogens is 457 g/mol. The lowest BCUT2D eigenvalue weighted by Crippen LogP contribution is -2.54. The number of halogens is 1. The van der Waals surface area contributed by atoms with Crippen LogP contribution in [0.4, 0.5) is 10.3 Å². The van der Waals surface area contributed by atoms with Gasteiger partial charge in [-0.3, -0.25) is 9.59 Å². The van der Waals surface area contributed by atoms with Crippen molar-refractivity contribution in [2.75, 3.05) is 31.1 Å². The maximum atomic E-state index is 13.9. The van der Waals surface area contributed by atoms with Crippen LogP contribution >= 0.6 is 0 Å². The minimum Gasteiger partial charge on any atom is -0.352 e. The summed E-state index contributed by atoms with van der Waals surface area (Å²) < 4.78 is 13.9. The second-order valence-corrected chi connectivity index (χ2v) is 10.1. The highest BCUT2D eigenvalue weighted by atomic mass is 19.1. The highest BCUT2D eigenvalue weighted by Gasteiger charge is 2.38. The Morgan fingerprint density at radius 1 is 1.08 bits per heavy atom. The first-order valence-electron chi connectivity index (χ1n) is 12.7. The highest BCUT2D eigenvalue weighted by molar-refractivity contribution is 5.90. The van der Waals surface area contributed by atoms with E-state index in [1.54, 1.807) is 17.0 Å². The Morgan fingerprint density at radius 2 is 1.86 bits per heavy atom. The molecule has 2 saturated heterocycles. The predicted octanol–water partition coefficient (Wildman–Crippen LogP) is 4.12. The van der Waals surface area contributed by atoms with Gasteiger partial charge >= 0.3 is 0 Å². The lowest BCUT2D eigenvalue weighted by Gasteiger charge is -2.39. The number of hydrogen-bond donors (Lipinski definition) is 1. The first-order chi connectivity index (χ1) is 17.3. The molecule has 36 heavy (non-hydrogen) atoms. The van der Waals surface area contributed by atoms with Gasteiger partial charge in [-0.1, -0.05) is 32.0 Å². The lowest BCUT2D eigenvalue weighted by molar-refractivity contribution is -0.147. The number of hydrogen-bond acceptors (Lipinski definition) is 5. The largest absolute Gasteiger partial charge is 0.352 e. The molecule has 1 atom stereocenters. The zero-order valence-corrected chi connectivity index (χ0v) is 21.0. The van der Waals surface area contributed by atoms with E-state index >= 15 is 0 Å². The Balaban J connectivity index is 1.30. The van der Waals surface area contributed by atoms with Gasteiger partial charge in [0.2, 0.25) is 17.8 Å². The van der Waals surface area contributed by atoms with Crippen molar-refractivity contribution in [3.63, 3.8) is 0 Å². The first kappa shape index (κ1) is 24.2. The van der Waals surface area contributed by atoms with E-state index in [0.29, 0.717) is 56.5 Å². The molecule has 0 saturated carbocycles. The Morgan fingerprint density at radius 3 is 2.58 bits per heavy atom. The minimum atomic E-state index is -0.804.